The monoisotopic (exact) mass is 342 g/mol. The molecule has 1 aliphatic rings. The summed E-state index contributed by atoms with van der Waals surface area (Å²) in [5.41, 5.74) is 6.21. The van der Waals surface area contributed by atoms with Crippen LogP contribution in [0.25, 0.3) is 10.2 Å². The first-order valence-corrected chi connectivity index (χ1v) is 8.38. The van der Waals surface area contributed by atoms with Crippen LogP contribution < -0.4 is 11.1 Å². The Balaban J connectivity index is 0.00000176. The number of fused-ring (bicyclic) bond motifs is 1. The van der Waals surface area contributed by atoms with Gasteiger partial charge in [0.1, 0.15) is 4.83 Å². The fourth-order valence-corrected chi connectivity index (χ4v) is 3.97. The van der Waals surface area contributed by atoms with Gasteiger partial charge < -0.3 is 11.1 Å². The lowest BCUT2D eigenvalue weighted by Gasteiger charge is -2.28. The summed E-state index contributed by atoms with van der Waals surface area (Å²) in [6.45, 7) is 0.568. The first-order valence-electron chi connectivity index (χ1n) is 7.56. The van der Waals surface area contributed by atoms with Crippen LogP contribution >= 0.6 is 23.7 Å². The van der Waals surface area contributed by atoms with Gasteiger partial charge in [0.15, 0.2) is 0 Å². The van der Waals surface area contributed by atoms with E-state index in [2.05, 4.69) is 10.4 Å². The third-order valence-electron chi connectivity index (χ3n) is 4.33. The molecule has 0 spiro atoms. The van der Waals surface area contributed by atoms with E-state index in [1.807, 2.05) is 13.1 Å². The molecule has 2 aromatic rings. The average Bonchev–Trinajstić information content (AvgIpc) is 2.96. The minimum Gasteiger partial charge on any atom is -0.349 e. The summed E-state index contributed by atoms with van der Waals surface area (Å²) < 4.78 is 1.80. The van der Waals surface area contributed by atoms with E-state index in [4.69, 9.17) is 5.73 Å². The largest absolute Gasteiger partial charge is 0.349 e. The Morgan fingerprint density at radius 1 is 1.41 bits per heavy atom. The summed E-state index contributed by atoms with van der Waals surface area (Å²) >= 11 is 1.48. The fourth-order valence-electron chi connectivity index (χ4n) is 3.01. The van der Waals surface area contributed by atoms with Crippen LogP contribution in [-0.4, -0.2) is 27.8 Å². The van der Waals surface area contributed by atoms with Crippen molar-refractivity contribution in [2.75, 3.05) is 6.54 Å². The number of halogens is 1. The van der Waals surface area contributed by atoms with Crippen LogP contribution in [0, 0.1) is 0 Å². The Morgan fingerprint density at radius 2 is 2.09 bits per heavy atom. The first kappa shape index (κ1) is 17.2. The number of thiophene rings is 1. The summed E-state index contributed by atoms with van der Waals surface area (Å²) in [5.74, 6) is -0.0229. The number of amides is 1. The highest BCUT2D eigenvalue weighted by Crippen LogP contribution is 2.26. The van der Waals surface area contributed by atoms with Crippen molar-refractivity contribution in [1.29, 1.82) is 0 Å². The van der Waals surface area contributed by atoms with Gasteiger partial charge in [0.2, 0.25) is 0 Å². The molecule has 122 valence electrons. The molecule has 0 aliphatic heterocycles. The summed E-state index contributed by atoms with van der Waals surface area (Å²) in [7, 11) is 1.89. The summed E-state index contributed by atoms with van der Waals surface area (Å²) in [6.07, 6.45) is 8.65. The highest BCUT2D eigenvalue weighted by atomic mass is 35.5. The topological polar surface area (TPSA) is 72.9 Å². The highest BCUT2D eigenvalue weighted by Gasteiger charge is 2.27. The van der Waals surface area contributed by atoms with Crippen LogP contribution in [0.2, 0.25) is 0 Å². The molecule has 0 bridgehead atoms. The molecule has 0 radical (unpaired) electrons. The maximum absolute atomic E-state index is 12.3. The van der Waals surface area contributed by atoms with Crippen LogP contribution in [0.3, 0.4) is 0 Å². The number of carbonyl (C=O) groups excluding carboxylic acids is 1. The number of rotatable bonds is 3. The zero-order valence-corrected chi connectivity index (χ0v) is 14.4. The van der Waals surface area contributed by atoms with Crippen LogP contribution in [0.5, 0.6) is 0 Å². The minimum absolute atomic E-state index is 0. The minimum atomic E-state index is -0.232. The van der Waals surface area contributed by atoms with Gasteiger partial charge in [0.25, 0.3) is 5.91 Å². The Labute approximate surface area is 140 Å². The molecule has 7 heteroatoms. The molecule has 3 N–H and O–H groups in total. The molecule has 5 nitrogen and oxygen atoms in total. The smallest absolute Gasteiger partial charge is 0.261 e. The van der Waals surface area contributed by atoms with Gasteiger partial charge in [-0.05, 0) is 18.9 Å². The number of hydrogen-bond donors (Lipinski definition) is 2. The van der Waals surface area contributed by atoms with Crippen LogP contribution in [0.4, 0.5) is 0 Å². The zero-order chi connectivity index (χ0) is 14.9. The molecule has 0 unspecified atom stereocenters. The molecule has 1 aliphatic carbocycles. The number of nitrogens with one attached hydrogen (secondary N) is 1. The standard InChI is InChI=1S/C15H22N4OS.ClH/c1-19-14-11(9-18-19)8-12(21-14)13(20)17-10-15(16)6-4-2-3-5-7-15;/h8-9H,2-7,10,16H2,1H3,(H,17,20);1H. The van der Waals surface area contributed by atoms with Gasteiger partial charge in [-0.15, -0.1) is 23.7 Å². The van der Waals surface area contributed by atoms with Gasteiger partial charge in [-0.2, -0.15) is 5.10 Å². The molecule has 1 saturated carbocycles. The average molecular weight is 343 g/mol. The lowest BCUT2D eigenvalue weighted by Crippen LogP contribution is -2.49. The van der Waals surface area contributed by atoms with Crippen LogP contribution in [0.15, 0.2) is 12.3 Å². The number of aromatic nitrogens is 2. The SMILES string of the molecule is Cl.Cn1ncc2cc(C(=O)NCC3(N)CCCCCC3)sc21. The molecular weight excluding hydrogens is 320 g/mol. The van der Waals surface area contributed by atoms with Crippen molar-refractivity contribution in [2.45, 2.75) is 44.1 Å². The zero-order valence-electron chi connectivity index (χ0n) is 12.8. The van der Waals surface area contributed by atoms with E-state index >= 15 is 0 Å². The third-order valence-corrected chi connectivity index (χ3v) is 5.54. The van der Waals surface area contributed by atoms with Crippen LogP contribution in [0.1, 0.15) is 48.2 Å². The van der Waals surface area contributed by atoms with Crippen molar-refractivity contribution in [3.8, 4) is 0 Å². The molecule has 0 atom stereocenters. The molecule has 1 fully saturated rings. The molecule has 2 heterocycles. The third kappa shape index (κ3) is 3.62. The first-order chi connectivity index (χ1) is 10.1. The van der Waals surface area contributed by atoms with Gasteiger partial charge >= 0.3 is 0 Å². The van der Waals surface area contributed by atoms with Crippen molar-refractivity contribution < 1.29 is 4.79 Å². The van der Waals surface area contributed by atoms with Gasteiger partial charge in [-0.25, -0.2) is 0 Å². The van der Waals surface area contributed by atoms with E-state index in [0.29, 0.717) is 6.54 Å². The molecule has 1 amide bonds. The van der Waals surface area contributed by atoms with E-state index in [9.17, 15) is 4.79 Å². The number of aryl methyl sites for hydroxylation is 1. The van der Waals surface area contributed by atoms with E-state index in [1.165, 1.54) is 37.0 Å². The molecule has 22 heavy (non-hydrogen) atoms. The van der Waals surface area contributed by atoms with Crippen molar-refractivity contribution in [1.82, 2.24) is 15.1 Å². The fraction of sp³-hybridized carbons (Fsp3) is 0.600. The maximum Gasteiger partial charge on any atom is 0.261 e. The predicted octanol–water partition coefficient (Wildman–Crippen LogP) is 2.84. The molecule has 3 rings (SSSR count). The summed E-state index contributed by atoms with van der Waals surface area (Å²) in [4.78, 5) is 14.1. The van der Waals surface area contributed by atoms with Crippen molar-refractivity contribution in [3.63, 3.8) is 0 Å². The van der Waals surface area contributed by atoms with E-state index < -0.39 is 0 Å². The second-order valence-electron chi connectivity index (χ2n) is 6.10. The second-order valence-corrected chi connectivity index (χ2v) is 7.13. The maximum atomic E-state index is 12.3. The van der Waals surface area contributed by atoms with E-state index in [1.54, 1.807) is 10.9 Å². The summed E-state index contributed by atoms with van der Waals surface area (Å²) in [6, 6.07) is 1.90. The Kier molecular flexibility index (Phi) is 5.47. The number of nitrogens with zero attached hydrogens (tertiary/aromatic N) is 2. The molecule has 0 aromatic carbocycles. The quantitative estimate of drug-likeness (QED) is 0.842. The van der Waals surface area contributed by atoms with Crippen molar-refractivity contribution >= 4 is 39.9 Å². The highest BCUT2D eigenvalue weighted by molar-refractivity contribution is 7.20. The Hall–Kier alpha value is -1.11. The Morgan fingerprint density at radius 3 is 2.73 bits per heavy atom. The summed E-state index contributed by atoms with van der Waals surface area (Å²) in [5, 5.41) is 8.21. The predicted molar refractivity (Wildman–Crippen MR) is 92.8 cm³/mol. The van der Waals surface area contributed by atoms with E-state index in [-0.39, 0.29) is 23.9 Å². The molecule has 2 aromatic heterocycles. The molecule has 0 saturated heterocycles. The normalized spacial score (nSPS) is 17.7. The van der Waals surface area contributed by atoms with Gasteiger partial charge in [0, 0.05) is 24.5 Å². The number of carbonyl (C=O) groups is 1. The Bertz CT molecular complexity index is 643. The van der Waals surface area contributed by atoms with Crippen LogP contribution in [-0.2, 0) is 7.05 Å². The van der Waals surface area contributed by atoms with Gasteiger partial charge in [-0.1, -0.05) is 25.7 Å². The number of hydrogen-bond acceptors (Lipinski definition) is 4. The molecular formula is C15H23ClN4OS. The lowest BCUT2D eigenvalue weighted by atomic mass is 9.91. The van der Waals surface area contributed by atoms with Crippen molar-refractivity contribution in [3.05, 3.63) is 17.1 Å². The number of nitrogens with two attached hydrogens (primary N) is 1. The van der Waals surface area contributed by atoms with E-state index in [0.717, 1.165) is 27.9 Å². The van der Waals surface area contributed by atoms with Gasteiger partial charge in [-0.3, -0.25) is 9.48 Å². The lowest BCUT2D eigenvalue weighted by molar-refractivity contribution is 0.0945. The van der Waals surface area contributed by atoms with Crippen molar-refractivity contribution in [2.24, 2.45) is 12.8 Å². The van der Waals surface area contributed by atoms with Gasteiger partial charge in [0.05, 0.1) is 11.1 Å². The second kappa shape index (κ2) is 6.98.